The van der Waals surface area contributed by atoms with Crippen molar-refractivity contribution in [3.05, 3.63) is 47.5 Å². The van der Waals surface area contributed by atoms with E-state index in [0.717, 1.165) is 16.8 Å². The highest BCUT2D eigenvalue weighted by atomic mass is 16.5. The lowest BCUT2D eigenvalue weighted by atomic mass is 10.1. The van der Waals surface area contributed by atoms with Crippen molar-refractivity contribution < 1.29 is 28.6 Å². The Balaban J connectivity index is 1.57. The highest BCUT2D eigenvalue weighted by Crippen LogP contribution is 2.30. The molecule has 8 nitrogen and oxygen atoms in total. The normalized spacial score (nSPS) is 15.5. The number of nitrogens with one attached hydrogen (secondary N) is 1. The number of ether oxygens (including phenoxy) is 3. The van der Waals surface area contributed by atoms with Gasteiger partial charge in [-0.25, -0.2) is 0 Å². The van der Waals surface area contributed by atoms with E-state index < -0.39 is 24.4 Å². The van der Waals surface area contributed by atoms with Crippen LogP contribution in [0.25, 0.3) is 0 Å². The molecule has 1 heterocycles. The smallest absolute Gasteiger partial charge is 0.311 e. The minimum absolute atomic E-state index is 0.0557. The summed E-state index contributed by atoms with van der Waals surface area (Å²) in [7, 11) is 3.00. The number of carbonyl (C=O) groups excluding carboxylic acids is 3. The minimum atomic E-state index is -0.615. The predicted octanol–water partition coefficient (Wildman–Crippen LogP) is 2.86. The number of hydrogen-bond donors (Lipinski definition) is 1. The monoisotopic (exact) mass is 426 g/mol. The van der Waals surface area contributed by atoms with E-state index in [2.05, 4.69) is 5.32 Å². The quantitative estimate of drug-likeness (QED) is 0.685. The van der Waals surface area contributed by atoms with E-state index in [9.17, 15) is 14.4 Å². The maximum atomic E-state index is 12.5. The third-order valence-corrected chi connectivity index (χ3v) is 5.35. The summed E-state index contributed by atoms with van der Waals surface area (Å²) in [5.41, 5.74) is 3.30. The van der Waals surface area contributed by atoms with Crippen molar-refractivity contribution in [1.82, 2.24) is 0 Å². The van der Waals surface area contributed by atoms with Crippen LogP contribution in [0.2, 0.25) is 0 Å². The zero-order valence-electron chi connectivity index (χ0n) is 18.1. The van der Waals surface area contributed by atoms with Crippen molar-refractivity contribution in [3.8, 4) is 11.5 Å². The number of benzene rings is 2. The first-order valence-corrected chi connectivity index (χ1v) is 9.89. The highest BCUT2D eigenvalue weighted by molar-refractivity contribution is 6.00. The van der Waals surface area contributed by atoms with E-state index in [0.29, 0.717) is 17.2 Å². The summed E-state index contributed by atoms with van der Waals surface area (Å²) >= 11 is 0. The fourth-order valence-electron chi connectivity index (χ4n) is 3.47. The van der Waals surface area contributed by atoms with Gasteiger partial charge in [-0.1, -0.05) is 12.1 Å². The molecule has 2 amide bonds. The van der Waals surface area contributed by atoms with Crippen LogP contribution in [0.5, 0.6) is 11.5 Å². The van der Waals surface area contributed by atoms with Gasteiger partial charge in [0, 0.05) is 24.7 Å². The lowest BCUT2D eigenvalue weighted by molar-refractivity contribution is -0.151. The van der Waals surface area contributed by atoms with Crippen LogP contribution in [0.4, 0.5) is 11.4 Å². The molecular weight excluding hydrogens is 400 g/mol. The Labute approximate surface area is 181 Å². The Morgan fingerprint density at radius 3 is 2.61 bits per heavy atom. The molecule has 1 aliphatic heterocycles. The number of methoxy groups -OCH3 is 2. The van der Waals surface area contributed by atoms with Gasteiger partial charge in [0.2, 0.25) is 5.91 Å². The molecule has 1 atom stereocenters. The van der Waals surface area contributed by atoms with Gasteiger partial charge < -0.3 is 24.4 Å². The summed E-state index contributed by atoms with van der Waals surface area (Å²) in [5, 5.41) is 2.64. The molecule has 2 aromatic carbocycles. The molecule has 164 valence electrons. The van der Waals surface area contributed by atoms with Crippen LogP contribution in [-0.4, -0.2) is 45.2 Å². The number of nitrogens with zero attached hydrogens (tertiary/aromatic N) is 1. The van der Waals surface area contributed by atoms with Gasteiger partial charge in [-0.05, 0) is 43.2 Å². The molecule has 0 bridgehead atoms. The predicted molar refractivity (Wildman–Crippen MR) is 116 cm³/mol. The average Bonchev–Trinajstić information content (AvgIpc) is 3.15. The molecule has 1 aliphatic rings. The van der Waals surface area contributed by atoms with E-state index in [1.807, 2.05) is 32.0 Å². The molecule has 1 saturated heterocycles. The number of carbonyl (C=O) groups is 3. The second-order valence-corrected chi connectivity index (χ2v) is 7.35. The topological polar surface area (TPSA) is 94.2 Å². The highest BCUT2D eigenvalue weighted by Gasteiger charge is 2.37. The molecule has 0 aromatic heterocycles. The first kappa shape index (κ1) is 22.1. The van der Waals surface area contributed by atoms with E-state index in [1.54, 1.807) is 23.1 Å². The van der Waals surface area contributed by atoms with Crippen LogP contribution >= 0.6 is 0 Å². The number of hydrogen-bond acceptors (Lipinski definition) is 6. The van der Waals surface area contributed by atoms with Crippen LogP contribution in [-0.2, 0) is 19.1 Å². The Bertz CT molecular complexity index is 1000. The molecule has 1 fully saturated rings. The molecule has 0 radical (unpaired) electrons. The van der Waals surface area contributed by atoms with Crippen molar-refractivity contribution in [2.24, 2.45) is 5.92 Å². The number of esters is 1. The van der Waals surface area contributed by atoms with Gasteiger partial charge in [0.25, 0.3) is 5.91 Å². The minimum Gasteiger partial charge on any atom is -0.497 e. The van der Waals surface area contributed by atoms with Gasteiger partial charge in [0.1, 0.15) is 11.5 Å². The maximum Gasteiger partial charge on any atom is 0.311 e. The van der Waals surface area contributed by atoms with Gasteiger partial charge >= 0.3 is 5.97 Å². The van der Waals surface area contributed by atoms with Gasteiger partial charge in [0.15, 0.2) is 6.61 Å². The summed E-state index contributed by atoms with van der Waals surface area (Å²) in [6, 6.07) is 10.7. The maximum absolute atomic E-state index is 12.5. The third kappa shape index (κ3) is 4.96. The number of amides is 2. The molecule has 8 heteroatoms. The molecule has 1 N–H and O–H groups in total. The molecular formula is C23H26N2O6. The second kappa shape index (κ2) is 9.51. The average molecular weight is 426 g/mol. The van der Waals surface area contributed by atoms with E-state index in [-0.39, 0.29) is 18.9 Å². The van der Waals surface area contributed by atoms with Crippen LogP contribution in [0.1, 0.15) is 17.5 Å². The number of anilines is 2. The van der Waals surface area contributed by atoms with Crippen LogP contribution in [0.15, 0.2) is 36.4 Å². The second-order valence-electron chi connectivity index (χ2n) is 7.35. The molecule has 0 aliphatic carbocycles. The Morgan fingerprint density at radius 1 is 1.13 bits per heavy atom. The summed E-state index contributed by atoms with van der Waals surface area (Å²) in [6.07, 6.45) is 0.0557. The van der Waals surface area contributed by atoms with Crippen LogP contribution in [0.3, 0.4) is 0 Å². The van der Waals surface area contributed by atoms with Crippen molar-refractivity contribution in [3.63, 3.8) is 0 Å². The van der Waals surface area contributed by atoms with Crippen molar-refractivity contribution in [2.75, 3.05) is 37.6 Å². The zero-order valence-corrected chi connectivity index (χ0v) is 18.1. The summed E-state index contributed by atoms with van der Waals surface area (Å²) < 4.78 is 15.5. The van der Waals surface area contributed by atoms with Crippen LogP contribution in [0, 0.1) is 19.8 Å². The summed E-state index contributed by atoms with van der Waals surface area (Å²) in [6.45, 7) is 3.70. The molecule has 2 aromatic rings. The molecule has 31 heavy (non-hydrogen) atoms. The standard InChI is InChI=1S/C23H26N2O6/c1-14-6-5-7-19(15(14)2)25-12-16(10-22(25)27)23(28)31-13-21(26)24-18-9-8-17(29-3)11-20(18)30-4/h5-9,11,16H,10,12-13H2,1-4H3,(H,24,26)/t16-/m0/s1. The Hall–Kier alpha value is -3.55. The molecule has 0 spiro atoms. The molecule has 0 unspecified atom stereocenters. The lowest BCUT2D eigenvalue weighted by Gasteiger charge is -2.20. The first-order chi connectivity index (χ1) is 14.8. The van der Waals surface area contributed by atoms with Crippen molar-refractivity contribution in [2.45, 2.75) is 20.3 Å². The number of rotatable bonds is 7. The lowest BCUT2D eigenvalue weighted by Crippen LogP contribution is -2.28. The SMILES string of the molecule is COc1ccc(NC(=O)COC(=O)[C@H]2CC(=O)N(c3cccc(C)c3C)C2)c(OC)c1. The fourth-order valence-corrected chi connectivity index (χ4v) is 3.47. The van der Waals surface area contributed by atoms with Gasteiger partial charge in [-0.2, -0.15) is 0 Å². The van der Waals surface area contributed by atoms with Gasteiger partial charge in [-0.15, -0.1) is 0 Å². The van der Waals surface area contributed by atoms with Crippen LogP contribution < -0.4 is 19.7 Å². The van der Waals surface area contributed by atoms with E-state index >= 15 is 0 Å². The Kier molecular flexibility index (Phi) is 6.79. The van der Waals surface area contributed by atoms with E-state index in [4.69, 9.17) is 14.2 Å². The number of aryl methyl sites for hydroxylation is 1. The van der Waals surface area contributed by atoms with Gasteiger partial charge in [0.05, 0.1) is 25.8 Å². The zero-order chi connectivity index (χ0) is 22.5. The first-order valence-electron chi connectivity index (χ1n) is 9.89. The molecule has 3 rings (SSSR count). The summed E-state index contributed by atoms with van der Waals surface area (Å²) in [5.74, 6) is -0.825. The van der Waals surface area contributed by atoms with Crippen molar-refractivity contribution in [1.29, 1.82) is 0 Å². The largest absolute Gasteiger partial charge is 0.497 e. The fraction of sp³-hybridized carbons (Fsp3) is 0.348. The van der Waals surface area contributed by atoms with E-state index in [1.165, 1.54) is 14.2 Å². The third-order valence-electron chi connectivity index (χ3n) is 5.35. The molecule has 0 saturated carbocycles. The Morgan fingerprint density at radius 2 is 1.90 bits per heavy atom. The van der Waals surface area contributed by atoms with Crippen molar-refractivity contribution >= 4 is 29.2 Å². The summed E-state index contributed by atoms with van der Waals surface area (Å²) in [4.78, 5) is 38.8. The van der Waals surface area contributed by atoms with Gasteiger partial charge in [-0.3, -0.25) is 14.4 Å².